The van der Waals surface area contributed by atoms with Gasteiger partial charge in [-0.1, -0.05) is 0 Å². The van der Waals surface area contributed by atoms with Crippen molar-refractivity contribution in [1.82, 2.24) is 4.90 Å². The lowest BCUT2D eigenvalue weighted by atomic mass is 10.0. The molecule has 0 saturated carbocycles. The minimum Gasteiger partial charge on any atom is -0.469 e. The molecule has 0 aromatic carbocycles. The van der Waals surface area contributed by atoms with E-state index in [0.717, 1.165) is 6.42 Å². The van der Waals surface area contributed by atoms with Gasteiger partial charge in [0.1, 0.15) is 6.10 Å². The lowest BCUT2D eigenvalue weighted by molar-refractivity contribution is -0.150. The summed E-state index contributed by atoms with van der Waals surface area (Å²) in [6.07, 6.45) is 1.21. The molecule has 1 heterocycles. The van der Waals surface area contributed by atoms with Crippen LogP contribution in [0.5, 0.6) is 0 Å². The molecule has 0 aliphatic carbocycles. The number of aliphatic hydroxyl groups excluding tert-OH is 1. The van der Waals surface area contributed by atoms with Crippen LogP contribution in [0.4, 0.5) is 0 Å². The van der Waals surface area contributed by atoms with Crippen molar-refractivity contribution in [3.05, 3.63) is 0 Å². The number of rotatable bonds is 6. The maximum absolute atomic E-state index is 12.4. The van der Waals surface area contributed by atoms with Crippen LogP contribution in [0.3, 0.4) is 0 Å². The van der Waals surface area contributed by atoms with E-state index >= 15 is 0 Å². The van der Waals surface area contributed by atoms with Gasteiger partial charge in [-0.05, 0) is 26.7 Å². The molecule has 110 valence electrons. The number of hydrogen-bond donors (Lipinski definition) is 1. The van der Waals surface area contributed by atoms with Crippen molar-refractivity contribution in [3.8, 4) is 0 Å². The number of hydrogen-bond acceptors (Lipinski definition) is 5. The number of carbonyl (C=O) groups is 2. The van der Waals surface area contributed by atoms with E-state index < -0.39 is 11.6 Å². The SMILES string of the molecule is COC(=O)CCN(C(=O)C1CCCO1)C(C)(C)CO. The van der Waals surface area contributed by atoms with Crippen LogP contribution in [0.25, 0.3) is 0 Å². The van der Waals surface area contributed by atoms with Gasteiger partial charge < -0.3 is 19.5 Å². The minimum atomic E-state index is -0.725. The van der Waals surface area contributed by atoms with Gasteiger partial charge in [-0.2, -0.15) is 0 Å². The van der Waals surface area contributed by atoms with Crippen molar-refractivity contribution >= 4 is 11.9 Å². The average Bonchev–Trinajstić information content (AvgIpc) is 2.92. The first-order chi connectivity index (χ1) is 8.92. The third kappa shape index (κ3) is 4.18. The van der Waals surface area contributed by atoms with Gasteiger partial charge in [0.2, 0.25) is 0 Å². The lowest BCUT2D eigenvalue weighted by Crippen LogP contribution is -2.54. The van der Waals surface area contributed by atoms with E-state index in [4.69, 9.17) is 4.74 Å². The first-order valence-electron chi connectivity index (χ1n) is 6.53. The third-order valence-electron chi connectivity index (χ3n) is 3.36. The summed E-state index contributed by atoms with van der Waals surface area (Å²) in [4.78, 5) is 25.1. The van der Waals surface area contributed by atoms with Gasteiger partial charge in [-0.25, -0.2) is 0 Å². The second-order valence-corrected chi connectivity index (χ2v) is 5.29. The van der Waals surface area contributed by atoms with Crippen LogP contribution in [-0.4, -0.2) is 60.4 Å². The monoisotopic (exact) mass is 273 g/mol. The highest BCUT2D eigenvalue weighted by Crippen LogP contribution is 2.21. The van der Waals surface area contributed by atoms with Crippen molar-refractivity contribution in [2.24, 2.45) is 0 Å². The summed E-state index contributed by atoms with van der Waals surface area (Å²) in [5.74, 6) is -0.542. The van der Waals surface area contributed by atoms with Gasteiger partial charge in [0.25, 0.3) is 5.91 Å². The molecule has 6 nitrogen and oxygen atoms in total. The van der Waals surface area contributed by atoms with Crippen molar-refractivity contribution in [1.29, 1.82) is 0 Å². The summed E-state index contributed by atoms with van der Waals surface area (Å²) in [5, 5.41) is 9.43. The van der Waals surface area contributed by atoms with Gasteiger partial charge in [0.15, 0.2) is 0 Å². The molecule has 0 bridgehead atoms. The quantitative estimate of drug-likeness (QED) is 0.706. The van der Waals surface area contributed by atoms with E-state index in [2.05, 4.69) is 4.74 Å². The highest BCUT2D eigenvalue weighted by Gasteiger charge is 2.36. The van der Waals surface area contributed by atoms with Crippen molar-refractivity contribution < 1.29 is 24.2 Å². The normalized spacial score (nSPS) is 19.3. The van der Waals surface area contributed by atoms with E-state index in [1.807, 2.05) is 0 Å². The molecule has 1 aliphatic rings. The fourth-order valence-electron chi connectivity index (χ4n) is 2.05. The first-order valence-corrected chi connectivity index (χ1v) is 6.53. The number of esters is 1. The predicted molar refractivity (Wildman–Crippen MR) is 68.5 cm³/mol. The maximum atomic E-state index is 12.4. The molecule has 1 amide bonds. The molecule has 1 rings (SSSR count). The molecule has 19 heavy (non-hydrogen) atoms. The zero-order valence-corrected chi connectivity index (χ0v) is 11.8. The highest BCUT2D eigenvalue weighted by molar-refractivity contribution is 5.82. The number of ether oxygens (including phenoxy) is 2. The molecular formula is C13H23NO5. The second-order valence-electron chi connectivity index (χ2n) is 5.29. The Morgan fingerprint density at radius 1 is 1.47 bits per heavy atom. The van der Waals surface area contributed by atoms with Crippen LogP contribution >= 0.6 is 0 Å². The van der Waals surface area contributed by atoms with Gasteiger partial charge in [-0.15, -0.1) is 0 Å². The molecule has 1 unspecified atom stereocenters. The largest absolute Gasteiger partial charge is 0.469 e. The average molecular weight is 273 g/mol. The second kappa shape index (κ2) is 6.86. The summed E-state index contributed by atoms with van der Waals surface area (Å²) in [6.45, 7) is 4.15. The summed E-state index contributed by atoms with van der Waals surface area (Å²) in [7, 11) is 1.31. The Hall–Kier alpha value is -1.14. The number of nitrogens with zero attached hydrogens (tertiary/aromatic N) is 1. The van der Waals surface area contributed by atoms with Gasteiger partial charge in [0, 0.05) is 13.2 Å². The van der Waals surface area contributed by atoms with Crippen LogP contribution in [0.2, 0.25) is 0 Å². The summed E-state index contributed by atoms with van der Waals surface area (Å²) < 4.78 is 9.96. The highest BCUT2D eigenvalue weighted by atomic mass is 16.5. The molecule has 6 heteroatoms. The van der Waals surface area contributed by atoms with Crippen LogP contribution in [0, 0.1) is 0 Å². The van der Waals surface area contributed by atoms with Gasteiger partial charge in [-0.3, -0.25) is 9.59 Å². The standard InChI is InChI=1S/C13H23NO5/c1-13(2,9-15)14(7-6-11(16)18-3)12(17)10-5-4-8-19-10/h10,15H,4-9H2,1-3H3. The Labute approximate surface area is 113 Å². The first kappa shape index (κ1) is 15.9. The third-order valence-corrected chi connectivity index (χ3v) is 3.36. The zero-order chi connectivity index (χ0) is 14.5. The molecule has 1 atom stereocenters. The molecule has 1 aliphatic heterocycles. The van der Waals surface area contributed by atoms with E-state index in [-0.39, 0.29) is 31.4 Å². The number of aliphatic hydroxyl groups is 1. The predicted octanol–water partition coefficient (Wildman–Crippen LogP) is 0.328. The minimum absolute atomic E-state index is 0.110. The number of amides is 1. The fourth-order valence-corrected chi connectivity index (χ4v) is 2.05. The lowest BCUT2D eigenvalue weighted by Gasteiger charge is -2.38. The van der Waals surface area contributed by atoms with Gasteiger partial charge >= 0.3 is 5.97 Å². The summed E-state index contributed by atoms with van der Waals surface area (Å²) >= 11 is 0. The fraction of sp³-hybridized carbons (Fsp3) is 0.846. The molecular weight excluding hydrogens is 250 g/mol. The van der Waals surface area contributed by atoms with Crippen molar-refractivity contribution in [3.63, 3.8) is 0 Å². The topological polar surface area (TPSA) is 76.1 Å². The Bertz CT molecular complexity index is 323. The summed E-state index contributed by atoms with van der Waals surface area (Å²) in [6, 6.07) is 0. The Balaban J connectivity index is 2.73. The smallest absolute Gasteiger partial charge is 0.307 e. The maximum Gasteiger partial charge on any atom is 0.307 e. The van der Waals surface area contributed by atoms with E-state index in [1.54, 1.807) is 13.8 Å². The van der Waals surface area contributed by atoms with Crippen LogP contribution in [0.15, 0.2) is 0 Å². The molecule has 1 N–H and O–H groups in total. The Kier molecular flexibility index (Phi) is 5.75. The van der Waals surface area contributed by atoms with Crippen molar-refractivity contribution in [2.75, 3.05) is 26.9 Å². The molecule has 0 spiro atoms. The zero-order valence-electron chi connectivity index (χ0n) is 11.8. The van der Waals surface area contributed by atoms with E-state index in [0.29, 0.717) is 13.0 Å². The molecule has 0 radical (unpaired) electrons. The molecule has 1 fully saturated rings. The van der Waals surface area contributed by atoms with Crippen LogP contribution in [0.1, 0.15) is 33.1 Å². The van der Waals surface area contributed by atoms with Crippen molar-refractivity contribution in [2.45, 2.75) is 44.8 Å². The Morgan fingerprint density at radius 3 is 2.63 bits per heavy atom. The molecule has 1 saturated heterocycles. The Morgan fingerprint density at radius 2 is 2.16 bits per heavy atom. The van der Waals surface area contributed by atoms with Crippen LogP contribution in [-0.2, 0) is 19.1 Å². The van der Waals surface area contributed by atoms with Gasteiger partial charge in [0.05, 0.1) is 25.7 Å². The summed E-state index contributed by atoms with van der Waals surface area (Å²) in [5.41, 5.74) is -0.725. The van der Waals surface area contributed by atoms with E-state index in [9.17, 15) is 14.7 Å². The van der Waals surface area contributed by atoms with Crippen LogP contribution < -0.4 is 0 Å². The van der Waals surface area contributed by atoms with E-state index in [1.165, 1.54) is 12.0 Å². The number of carbonyl (C=O) groups excluding carboxylic acids is 2. The molecule has 0 aromatic rings. The number of methoxy groups -OCH3 is 1. The molecule has 0 aromatic heterocycles.